The lowest BCUT2D eigenvalue weighted by molar-refractivity contribution is -0.136. The Morgan fingerprint density at radius 1 is 0.769 bits per heavy atom. The predicted molar refractivity (Wildman–Crippen MR) is 151 cm³/mol. The van der Waals surface area contributed by atoms with E-state index in [-0.39, 0.29) is 24.8 Å². The number of benzene rings is 4. The Kier molecular flexibility index (Phi) is 9.42. The average Bonchev–Trinajstić information content (AvgIpc) is 2.94. The van der Waals surface area contributed by atoms with Gasteiger partial charge in [-0.15, -0.1) is 0 Å². The van der Waals surface area contributed by atoms with Crippen molar-refractivity contribution in [2.45, 2.75) is 51.4 Å². The number of halogens is 2. The van der Waals surface area contributed by atoms with Gasteiger partial charge < -0.3 is 10.4 Å². The zero-order valence-electron chi connectivity index (χ0n) is 22.1. The van der Waals surface area contributed by atoms with Crippen LogP contribution in [0.5, 0.6) is 0 Å². The highest BCUT2D eigenvalue weighted by Gasteiger charge is 2.16. The van der Waals surface area contributed by atoms with Crippen LogP contribution in [0.2, 0.25) is 0 Å². The van der Waals surface area contributed by atoms with E-state index in [1.54, 1.807) is 18.2 Å². The largest absolute Gasteiger partial charge is 0.481 e. The molecule has 1 amide bonds. The maximum atomic E-state index is 13.8. The first kappa shape index (κ1) is 28.0. The fourth-order valence-electron chi connectivity index (χ4n) is 4.89. The Morgan fingerprint density at radius 2 is 1.44 bits per heavy atom. The van der Waals surface area contributed by atoms with Gasteiger partial charge in [-0.1, -0.05) is 81.1 Å². The molecule has 39 heavy (non-hydrogen) atoms. The summed E-state index contributed by atoms with van der Waals surface area (Å²) in [5, 5.41) is 13.5. The summed E-state index contributed by atoms with van der Waals surface area (Å²) in [7, 11) is 0. The van der Waals surface area contributed by atoms with Crippen LogP contribution in [-0.2, 0) is 4.79 Å². The predicted octanol–water partition coefficient (Wildman–Crippen LogP) is 8.09. The van der Waals surface area contributed by atoms with Crippen molar-refractivity contribution in [1.82, 2.24) is 5.32 Å². The van der Waals surface area contributed by atoms with Gasteiger partial charge in [0.25, 0.3) is 5.91 Å². The third kappa shape index (κ3) is 7.29. The summed E-state index contributed by atoms with van der Waals surface area (Å²) >= 11 is 0. The van der Waals surface area contributed by atoms with Gasteiger partial charge >= 0.3 is 5.97 Å². The second kappa shape index (κ2) is 13.1. The molecule has 0 bridgehead atoms. The van der Waals surface area contributed by atoms with Gasteiger partial charge in [0.15, 0.2) is 11.6 Å². The Balaban J connectivity index is 1.58. The molecule has 0 spiro atoms. The molecule has 0 saturated heterocycles. The molecule has 0 fully saturated rings. The number of carboxylic acids is 1. The third-order valence-electron chi connectivity index (χ3n) is 7.07. The normalized spacial score (nSPS) is 11.9. The second-order valence-electron chi connectivity index (χ2n) is 9.87. The first-order chi connectivity index (χ1) is 18.9. The number of nitrogens with one attached hydrogen (secondary N) is 1. The van der Waals surface area contributed by atoms with Crippen LogP contribution in [0.15, 0.2) is 78.9 Å². The molecule has 0 aliphatic rings. The number of aliphatic carboxylic acids is 1. The van der Waals surface area contributed by atoms with Gasteiger partial charge in [0.2, 0.25) is 0 Å². The average molecular weight is 530 g/mol. The van der Waals surface area contributed by atoms with E-state index in [4.69, 9.17) is 5.11 Å². The lowest BCUT2D eigenvalue weighted by atomic mass is 9.85. The van der Waals surface area contributed by atoms with Crippen LogP contribution < -0.4 is 5.32 Å². The van der Waals surface area contributed by atoms with Crippen molar-refractivity contribution >= 4 is 22.6 Å². The van der Waals surface area contributed by atoms with E-state index in [1.807, 2.05) is 30.3 Å². The maximum absolute atomic E-state index is 13.8. The minimum absolute atomic E-state index is 0.0882. The second-order valence-corrected chi connectivity index (χ2v) is 9.87. The standard InChI is InChI=1S/C33H33F2NO3/c1-2-3-4-5-6-29(22-7-9-23(10-8-22)33(39)36-18-17-32(37)38)28-14-13-24-19-25(11-12-26(24)20-28)27-15-16-30(34)31(35)21-27/h7-16,19-21,29H,2-6,17-18H2,1H3,(H,36,39)(H,37,38). The minimum Gasteiger partial charge on any atom is -0.481 e. The first-order valence-electron chi connectivity index (χ1n) is 13.4. The van der Waals surface area contributed by atoms with Gasteiger partial charge in [-0.2, -0.15) is 0 Å². The Hall–Kier alpha value is -4.06. The van der Waals surface area contributed by atoms with E-state index in [2.05, 4.69) is 30.4 Å². The summed E-state index contributed by atoms with van der Waals surface area (Å²) in [6.07, 6.45) is 5.45. The molecule has 2 N–H and O–H groups in total. The van der Waals surface area contributed by atoms with Crippen molar-refractivity contribution in [2.24, 2.45) is 0 Å². The maximum Gasteiger partial charge on any atom is 0.305 e. The summed E-state index contributed by atoms with van der Waals surface area (Å²) in [5.41, 5.74) is 4.24. The van der Waals surface area contributed by atoms with Crippen molar-refractivity contribution in [3.8, 4) is 11.1 Å². The minimum atomic E-state index is -0.951. The zero-order chi connectivity index (χ0) is 27.8. The lowest BCUT2D eigenvalue weighted by Gasteiger charge is -2.19. The number of hydrogen-bond acceptors (Lipinski definition) is 2. The van der Waals surface area contributed by atoms with E-state index in [1.165, 1.54) is 18.1 Å². The summed E-state index contributed by atoms with van der Waals surface area (Å²) in [5.74, 6) is -2.81. The topological polar surface area (TPSA) is 66.4 Å². The SMILES string of the molecule is CCCCCCC(c1ccc(C(=O)NCCC(=O)O)cc1)c1ccc2cc(-c3ccc(F)c(F)c3)ccc2c1. The van der Waals surface area contributed by atoms with Gasteiger partial charge in [-0.05, 0) is 69.8 Å². The summed E-state index contributed by atoms with van der Waals surface area (Å²) in [6, 6.07) is 23.8. The van der Waals surface area contributed by atoms with Crippen molar-refractivity contribution in [1.29, 1.82) is 0 Å². The highest BCUT2D eigenvalue weighted by atomic mass is 19.2. The molecule has 0 saturated carbocycles. The van der Waals surface area contributed by atoms with Crippen molar-refractivity contribution < 1.29 is 23.5 Å². The molecular weight excluding hydrogens is 496 g/mol. The molecule has 0 aliphatic heterocycles. The quantitative estimate of drug-likeness (QED) is 0.182. The van der Waals surface area contributed by atoms with E-state index < -0.39 is 17.6 Å². The van der Waals surface area contributed by atoms with E-state index in [9.17, 15) is 18.4 Å². The smallest absolute Gasteiger partial charge is 0.305 e. The van der Waals surface area contributed by atoms with E-state index in [0.29, 0.717) is 11.1 Å². The first-order valence-corrected chi connectivity index (χ1v) is 13.4. The molecule has 4 aromatic rings. The van der Waals surface area contributed by atoms with Crippen molar-refractivity contribution in [3.05, 3.63) is 107 Å². The van der Waals surface area contributed by atoms with Crippen LogP contribution in [0.25, 0.3) is 21.9 Å². The number of hydrogen-bond donors (Lipinski definition) is 2. The van der Waals surface area contributed by atoms with Crippen LogP contribution in [0, 0.1) is 11.6 Å². The Morgan fingerprint density at radius 3 is 2.15 bits per heavy atom. The molecule has 4 nitrogen and oxygen atoms in total. The summed E-state index contributed by atoms with van der Waals surface area (Å²) in [6.45, 7) is 2.28. The number of carbonyl (C=O) groups excluding carboxylic acids is 1. The molecule has 6 heteroatoms. The fourth-order valence-corrected chi connectivity index (χ4v) is 4.89. The van der Waals surface area contributed by atoms with Crippen LogP contribution >= 0.6 is 0 Å². The zero-order valence-corrected chi connectivity index (χ0v) is 22.1. The third-order valence-corrected chi connectivity index (χ3v) is 7.07. The number of amides is 1. The molecular formula is C33H33F2NO3. The van der Waals surface area contributed by atoms with Gasteiger partial charge in [0, 0.05) is 18.0 Å². The van der Waals surface area contributed by atoms with E-state index >= 15 is 0 Å². The summed E-state index contributed by atoms with van der Waals surface area (Å²) < 4.78 is 27.1. The molecule has 1 atom stereocenters. The molecule has 4 aromatic carbocycles. The Bertz CT molecular complexity index is 1450. The lowest BCUT2D eigenvalue weighted by Crippen LogP contribution is -2.25. The number of carbonyl (C=O) groups is 2. The number of fused-ring (bicyclic) bond motifs is 1. The molecule has 4 rings (SSSR count). The van der Waals surface area contributed by atoms with Crippen LogP contribution in [-0.4, -0.2) is 23.5 Å². The van der Waals surface area contributed by atoms with Crippen molar-refractivity contribution in [3.63, 3.8) is 0 Å². The van der Waals surface area contributed by atoms with Crippen molar-refractivity contribution in [2.75, 3.05) is 6.54 Å². The molecule has 0 heterocycles. The molecule has 202 valence electrons. The van der Waals surface area contributed by atoms with Crippen LogP contribution in [0.1, 0.15) is 72.9 Å². The van der Waals surface area contributed by atoms with E-state index in [0.717, 1.165) is 53.6 Å². The Labute approximate surface area is 227 Å². The molecule has 1 unspecified atom stereocenters. The van der Waals surface area contributed by atoms with Gasteiger partial charge in [0.1, 0.15) is 0 Å². The molecule has 0 radical (unpaired) electrons. The van der Waals surface area contributed by atoms with Gasteiger partial charge in [-0.3, -0.25) is 9.59 Å². The van der Waals surface area contributed by atoms with Gasteiger partial charge in [-0.25, -0.2) is 8.78 Å². The van der Waals surface area contributed by atoms with Gasteiger partial charge in [0.05, 0.1) is 6.42 Å². The fraction of sp³-hybridized carbons (Fsp3) is 0.273. The summed E-state index contributed by atoms with van der Waals surface area (Å²) in [4.78, 5) is 23.1. The number of unbranched alkanes of at least 4 members (excludes halogenated alkanes) is 3. The molecule has 0 aliphatic carbocycles. The highest BCUT2D eigenvalue weighted by molar-refractivity contribution is 5.94. The van der Waals surface area contributed by atoms with Crippen LogP contribution in [0.4, 0.5) is 8.78 Å². The highest BCUT2D eigenvalue weighted by Crippen LogP contribution is 2.34. The number of carboxylic acid groups (broad SMARTS) is 1. The monoisotopic (exact) mass is 529 g/mol. The van der Waals surface area contributed by atoms with Crippen LogP contribution in [0.3, 0.4) is 0 Å². The number of rotatable bonds is 12. The molecule has 0 aromatic heterocycles.